The van der Waals surface area contributed by atoms with Gasteiger partial charge in [0, 0.05) is 6.04 Å². The van der Waals surface area contributed by atoms with Crippen LogP contribution in [0.25, 0.3) is 0 Å². The van der Waals surface area contributed by atoms with E-state index in [1.54, 1.807) is 0 Å². The van der Waals surface area contributed by atoms with Gasteiger partial charge in [-0.15, -0.1) is 12.4 Å². The van der Waals surface area contributed by atoms with Crippen LogP contribution in [0.4, 0.5) is 0 Å². The number of piperidine rings is 1. The summed E-state index contributed by atoms with van der Waals surface area (Å²) in [6.45, 7) is 2.67. The zero-order chi connectivity index (χ0) is 11.5. The molecule has 4 aliphatic carbocycles. The van der Waals surface area contributed by atoms with Crippen LogP contribution in [0.1, 0.15) is 51.4 Å². The molecule has 4 bridgehead atoms. The molecule has 18 heavy (non-hydrogen) atoms. The van der Waals surface area contributed by atoms with E-state index in [0.29, 0.717) is 0 Å². The van der Waals surface area contributed by atoms with Crippen molar-refractivity contribution in [1.29, 1.82) is 0 Å². The Kier molecular flexibility index (Phi) is 3.41. The smallest absolute Gasteiger partial charge is 0.0657 e. The minimum Gasteiger partial charge on any atom is -0.390 e. The number of rotatable bonds is 1. The zero-order valence-corrected chi connectivity index (χ0v) is 12.0. The first-order valence-electron chi connectivity index (χ1n) is 7.70. The average molecular weight is 272 g/mol. The van der Waals surface area contributed by atoms with Crippen molar-refractivity contribution in [1.82, 2.24) is 4.90 Å². The lowest BCUT2D eigenvalue weighted by Crippen LogP contribution is -2.62. The third-order valence-electron chi connectivity index (χ3n) is 6.00. The van der Waals surface area contributed by atoms with E-state index in [-0.39, 0.29) is 18.0 Å². The van der Waals surface area contributed by atoms with Crippen LogP contribution in [-0.4, -0.2) is 34.7 Å². The van der Waals surface area contributed by atoms with Crippen molar-refractivity contribution in [2.24, 2.45) is 17.8 Å². The van der Waals surface area contributed by atoms with Crippen molar-refractivity contribution in [3.8, 4) is 0 Å². The van der Waals surface area contributed by atoms with Crippen LogP contribution in [0.3, 0.4) is 0 Å². The molecule has 2 atom stereocenters. The van der Waals surface area contributed by atoms with Crippen molar-refractivity contribution in [2.45, 2.75) is 63.0 Å². The number of halogens is 1. The van der Waals surface area contributed by atoms with E-state index in [2.05, 4.69) is 4.90 Å². The van der Waals surface area contributed by atoms with Gasteiger partial charge in [0.25, 0.3) is 0 Å². The Labute approximate surface area is 117 Å². The molecule has 2 unspecified atom stereocenters. The number of hydrogen-bond donors (Lipinski definition) is 1. The highest BCUT2D eigenvalue weighted by Crippen LogP contribution is 2.57. The largest absolute Gasteiger partial charge is 0.390 e. The van der Waals surface area contributed by atoms with Gasteiger partial charge < -0.3 is 5.11 Å². The minimum absolute atomic E-state index is 0. The summed E-state index contributed by atoms with van der Waals surface area (Å²) in [5.41, 5.74) is -0.247. The number of hydrogen-bond acceptors (Lipinski definition) is 2. The predicted molar refractivity (Wildman–Crippen MR) is 75.0 cm³/mol. The Morgan fingerprint density at radius 2 is 1.50 bits per heavy atom. The minimum atomic E-state index is -0.247. The van der Waals surface area contributed by atoms with Gasteiger partial charge in [-0.2, -0.15) is 0 Å². The second-order valence-corrected chi connectivity index (χ2v) is 7.28. The Balaban J connectivity index is 0.000001000. The first-order chi connectivity index (χ1) is 8.23. The molecule has 0 radical (unpaired) electrons. The Morgan fingerprint density at radius 3 is 2.06 bits per heavy atom. The standard InChI is InChI=1S/C15H25NO.ClH/c17-15-8-11-6-12(9-15)14(13(7-11)10-15)16-4-2-1-3-5-16;/h11-14,17H,1-10H2;1H. The maximum absolute atomic E-state index is 10.6. The van der Waals surface area contributed by atoms with Gasteiger partial charge in [0.15, 0.2) is 0 Å². The Morgan fingerprint density at radius 1 is 0.889 bits per heavy atom. The predicted octanol–water partition coefficient (Wildman–Crippen LogP) is 2.83. The van der Waals surface area contributed by atoms with Crippen molar-refractivity contribution in [2.75, 3.05) is 13.1 Å². The average Bonchev–Trinajstić information content (AvgIpc) is 2.27. The SMILES string of the molecule is Cl.OC12CC3CC(C1)C(N1CCCCC1)C(C3)C2. The Bertz CT molecular complexity index is 300. The fourth-order valence-corrected chi connectivity index (χ4v) is 5.77. The lowest BCUT2D eigenvalue weighted by Gasteiger charge is -2.60. The van der Waals surface area contributed by atoms with Gasteiger partial charge in [-0.05, 0) is 75.8 Å². The third-order valence-corrected chi connectivity index (χ3v) is 6.00. The monoisotopic (exact) mass is 271 g/mol. The summed E-state index contributed by atoms with van der Waals surface area (Å²) in [6.07, 6.45) is 10.4. The van der Waals surface area contributed by atoms with E-state index in [0.717, 1.165) is 43.1 Å². The fraction of sp³-hybridized carbons (Fsp3) is 1.00. The van der Waals surface area contributed by atoms with Crippen LogP contribution < -0.4 is 0 Å². The molecule has 0 aromatic heterocycles. The van der Waals surface area contributed by atoms with Gasteiger partial charge in [-0.1, -0.05) is 6.42 Å². The molecule has 1 aliphatic heterocycles. The quantitative estimate of drug-likeness (QED) is 0.793. The van der Waals surface area contributed by atoms with Crippen molar-refractivity contribution in [3.05, 3.63) is 0 Å². The Hall–Kier alpha value is 0.210. The van der Waals surface area contributed by atoms with Gasteiger partial charge in [0.2, 0.25) is 0 Å². The fourth-order valence-electron chi connectivity index (χ4n) is 5.77. The maximum Gasteiger partial charge on any atom is 0.0657 e. The van der Waals surface area contributed by atoms with Crippen LogP contribution in [0, 0.1) is 17.8 Å². The lowest BCUT2D eigenvalue weighted by atomic mass is 9.52. The second kappa shape index (κ2) is 4.64. The number of likely N-dealkylation sites (tertiary alicyclic amines) is 1. The van der Waals surface area contributed by atoms with Crippen LogP contribution in [0.2, 0.25) is 0 Å². The molecule has 5 aliphatic rings. The van der Waals surface area contributed by atoms with Gasteiger partial charge in [0.05, 0.1) is 5.60 Å². The molecule has 0 spiro atoms. The molecule has 104 valence electrons. The van der Waals surface area contributed by atoms with Crippen LogP contribution in [0.5, 0.6) is 0 Å². The number of aliphatic hydroxyl groups is 1. The molecule has 1 saturated heterocycles. The molecule has 0 amide bonds. The number of nitrogens with zero attached hydrogens (tertiary/aromatic N) is 1. The van der Waals surface area contributed by atoms with Crippen molar-refractivity contribution < 1.29 is 5.11 Å². The van der Waals surface area contributed by atoms with Crippen molar-refractivity contribution in [3.63, 3.8) is 0 Å². The van der Waals surface area contributed by atoms with Crippen LogP contribution in [0.15, 0.2) is 0 Å². The molecule has 4 saturated carbocycles. The summed E-state index contributed by atoms with van der Waals surface area (Å²) >= 11 is 0. The molecule has 0 aromatic carbocycles. The maximum atomic E-state index is 10.6. The molecule has 3 heteroatoms. The van der Waals surface area contributed by atoms with E-state index in [1.165, 1.54) is 45.2 Å². The van der Waals surface area contributed by atoms with E-state index in [9.17, 15) is 5.11 Å². The zero-order valence-electron chi connectivity index (χ0n) is 11.2. The van der Waals surface area contributed by atoms with E-state index < -0.39 is 0 Å². The molecule has 5 rings (SSSR count). The van der Waals surface area contributed by atoms with E-state index in [1.807, 2.05) is 0 Å². The molecule has 2 nitrogen and oxygen atoms in total. The molecule has 5 fully saturated rings. The third kappa shape index (κ3) is 2.01. The van der Waals surface area contributed by atoms with Crippen LogP contribution >= 0.6 is 12.4 Å². The summed E-state index contributed by atoms with van der Waals surface area (Å²) < 4.78 is 0. The topological polar surface area (TPSA) is 23.5 Å². The van der Waals surface area contributed by atoms with E-state index in [4.69, 9.17) is 0 Å². The molecular formula is C15H26ClNO. The normalized spacial score (nSPS) is 51.2. The van der Waals surface area contributed by atoms with Gasteiger partial charge in [-0.3, -0.25) is 4.90 Å². The molecule has 1 N–H and O–H groups in total. The van der Waals surface area contributed by atoms with Gasteiger partial charge in [-0.25, -0.2) is 0 Å². The summed E-state index contributed by atoms with van der Waals surface area (Å²) in [4.78, 5) is 2.79. The second-order valence-electron chi connectivity index (χ2n) is 7.28. The molecule has 1 heterocycles. The van der Waals surface area contributed by atoms with Crippen LogP contribution in [-0.2, 0) is 0 Å². The first kappa shape index (κ1) is 13.2. The highest BCUT2D eigenvalue weighted by molar-refractivity contribution is 5.85. The summed E-state index contributed by atoms with van der Waals surface area (Å²) in [5, 5.41) is 10.6. The molecule has 0 aromatic rings. The highest BCUT2D eigenvalue weighted by Gasteiger charge is 2.55. The summed E-state index contributed by atoms with van der Waals surface area (Å²) in [5.74, 6) is 2.51. The van der Waals surface area contributed by atoms with Gasteiger partial charge in [0.1, 0.15) is 0 Å². The first-order valence-corrected chi connectivity index (χ1v) is 7.70. The van der Waals surface area contributed by atoms with Gasteiger partial charge >= 0.3 is 0 Å². The lowest BCUT2D eigenvalue weighted by molar-refractivity contribution is -0.161. The van der Waals surface area contributed by atoms with E-state index >= 15 is 0 Å². The molecular weight excluding hydrogens is 246 g/mol. The van der Waals surface area contributed by atoms with Crippen molar-refractivity contribution >= 4 is 12.4 Å². The summed E-state index contributed by atoms with van der Waals surface area (Å²) in [6, 6.07) is 0.840. The highest BCUT2D eigenvalue weighted by atomic mass is 35.5. The summed E-state index contributed by atoms with van der Waals surface area (Å²) in [7, 11) is 0.